The summed E-state index contributed by atoms with van der Waals surface area (Å²) in [6.45, 7) is 1.12. The van der Waals surface area contributed by atoms with Gasteiger partial charge >= 0.3 is 0 Å². The lowest BCUT2D eigenvalue weighted by atomic mass is 10.0. The third kappa shape index (κ3) is 2.02. The Morgan fingerprint density at radius 3 is 3.06 bits per heavy atom. The molecule has 2 aliphatic heterocycles. The smallest absolute Gasteiger partial charge is 0.220 e. The summed E-state index contributed by atoms with van der Waals surface area (Å²) in [4.78, 5) is 13.5. The molecule has 0 bridgehead atoms. The van der Waals surface area contributed by atoms with Crippen LogP contribution in [0.3, 0.4) is 0 Å². The molecule has 1 aromatic rings. The van der Waals surface area contributed by atoms with Crippen molar-refractivity contribution in [1.82, 2.24) is 5.32 Å². The molecule has 0 saturated carbocycles. The average molecular weight is 230 g/mol. The minimum atomic E-state index is 0.205. The Bertz CT molecular complexity index is 456. The van der Waals surface area contributed by atoms with Gasteiger partial charge in [-0.15, -0.1) is 0 Å². The average Bonchev–Trinajstić information content (AvgIpc) is 2.87. The highest BCUT2D eigenvalue weighted by atomic mass is 16.1. The third-order valence-electron chi connectivity index (χ3n) is 3.84. The maximum Gasteiger partial charge on any atom is 0.220 e. The van der Waals surface area contributed by atoms with Crippen LogP contribution in [0.2, 0.25) is 0 Å². The Hall–Kier alpha value is -1.51. The van der Waals surface area contributed by atoms with Crippen molar-refractivity contribution in [3.8, 4) is 0 Å². The van der Waals surface area contributed by atoms with Crippen LogP contribution in [0.25, 0.3) is 0 Å². The van der Waals surface area contributed by atoms with Crippen LogP contribution in [0, 0.1) is 0 Å². The first-order valence-electron chi connectivity index (χ1n) is 6.35. The van der Waals surface area contributed by atoms with E-state index in [0.29, 0.717) is 12.5 Å². The zero-order valence-corrected chi connectivity index (χ0v) is 10.2. The molecule has 1 aromatic carbocycles. The van der Waals surface area contributed by atoms with E-state index in [2.05, 4.69) is 35.5 Å². The predicted molar refractivity (Wildman–Crippen MR) is 68.3 cm³/mol. The van der Waals surface area contributed by atoms with Crippen LogP contribution in [-0.2, 0) is 17.6 Å². The van der Waals surface area contributed by atoms with Crippen molar-refractivity contribution < 1.29 is 4.79 Å². The van der Waals surface area contributed by atoms with Gasteiger partial charge in [0.1, 0.15) is 0 Å². The van der Waals surface area contributed by atoms with Crippen LogP contribution in [0.15, 0.2) is 18.2 Å². The number of fused-ring (bicyclic) bond motifs is 1. The number of benzene rings is 1. The number of hydrogen-bond acceptors (Lipinski definition) is 2. The molecule has 0 radical (unpaired) electrons. The van der Waals surface area contributed by atoms with Gasteiger partial charge in [-0.2, -0.15) is 0 Å². The minimum absolute atomic E-state index is 0.205. The van der Waals surface area contributed by atoms with Gasteiger partial charge in [-0.1, -0.05) is 12.1 Å². The fourth-order valence-electron chi connectivity index (χ4n) is 2.86. The largest absolute Gasteiger partial charge is 0.374 e. The van der Waals surface area contributed by atoms with Crippen molar-refractivity contribution in [2.45, 2.75) is 31.7 Å². The summed E-state index contributed by atoms with van der Waals surface area (Å²) in [5.74, 6) is 0.205. The summed E-state index contributed by atoms with van der Waals surface area (Å²) in [6.07, 6.45) is 3.80. The maximum atomic E-state index is 11.2. The molecule has 17 heavy (non-hydrogen) atoms. The first-order valence-corrected chi connectivity index (χ1v) is 6.35. The number of amides is 1. The molecule has 90 valence electrons. The van der Waals surface area contributed by atoms with Crippen LogP contribution in [0.1, 0.15) is 24.0 Å². The fraction of sp³-hybridized carbons (Fsp3) is 0.500. The number of carbonyl (C=O) groups excluding carboxylic acids is 1. The van der Waals surface area contributed by atoms with Gasteiger partial charge in [-0.05, 0) is 36.5 Å². The van der Waals surface area contributed by atoms with Gasteiger partial charge in [0.25, 0.3) is 0 Å². The second-order valence-corrected chi connectivity index (χ2v) is 5.14. The van der Waals surface area contributed by atoms with Crippen molar-refractivity contribution in [3.63, 3.8) is 0 Å². The lowest BCUT2D eigenvalue weighted by molar-refractivity contribution is -0.119. The Morgan fingerprint density at radius 2 is 2.29 bits per heavy atom. The number of likely N-dealkylation sites (N-methyl/N-ethyl adjacent to an activating group) is 1. The van der Waals surface area contributed by atoms with Gasteiger partial charge in [0.2, 0.25) is 5.91 Å². The molecule has 2 heterocycles. The van der Waals surface area contributed by atoms with E-state index in [9.17, 15) is 4.79 Å². The fourth-order valence-corrected chi connectivity index (χ4v) is 2.86. The summed E-state index contributed by atoms with van der Waals surface area (Å²) >= 11 is 0. The van der Waals surface area contributed by atoms with E-state index in [-0.39, 0.29) is 5.91 Å². The molecule has 3 nitrogen and oxygen atoms in total. The Morgan fingerprint density at radius 1 is 1.41 bits per heavy atom. The first kappa shape index (κ1) is 10.6. The minimum Gasteiger partial charge on any atom is -0.374 e. The maximum absolute atomic E-state index is 11.2. The molecule has 3 rings (SSSR count). The van der Waals surface area contributed by atoms with E-state index in [4.69, 9.17) is 0 Å². The number of nitrogens with zero attached hydrogens (tertiary/aromatic N) is 1. The van der Waals surface area contributed by atoms with Crippen LogP contribution >= 0.6 is 0 Å². The molecular formula is C14H18N2O. The van der Waals surface area contributed by atoms with Crippen molar-refractivity contribution in [2.75, 3.05) is 18.5 Å². The van der Waals surface area contributed by atoms with Gasteiger partial charge in [0, 0.05) is 31.7 Å². The highest BCUT2D eigenvalue weighted by Crippen LogP contribution is 2.28. The number of anilines is 1. The first-order chi connectivity index (χ1) is 8.22. The summed E-state index contributed by atoms with van der Waals surface area (Å²) in [6, 6.07) is 7.07. The molecule has 2 aliphatic rings. The molecule has 1 amide bonds. The van der Waals surface area contributed by atoms with E-state index in [0.717, 1.165) is 25.8 Å². The molecule has 1 saturated heterocycles. The summed E-state index contributed by atoms with van der Waals surface area (Å²) < 4.78 is 0. The van der Waals surface area contributed by atoms with E-state index in [1.165, 1.54) is 16.8 Å². The number of carbonyl (C=O) groups is 1. The van der Waals surface area contributed by atoms with Gasteiger partial charge in [0.05, 0.1) is 0 Å². The molecule has 0 aliphatic carbocycles. The molecule has 1 N–H and O–H groups in total. The van der Waals surface area contributed by atoms with Gasteiger partial charge in [-0.25, -0.2) is 0 Å². The molecular weight excluding hydrogens is 212 g/mol. The summed E-state index contributed by atoms with van der Waals surface area (Å²) in [5, 5.41) is 3.03. The van der Waals surface area contributed by atoms with Crippen LogP contribution in [0.4, 0.5) is 5.69 Å². The second kappa shape index (κ2) is 4.06. The number of rotatable bonds is 2. The van der Waals surface area contributed by atoms with Crippen LogP contribution in [-0.4, -0.2) is 25.5 Å². The predicted octanol–water partition coefficient (Wildman–Crippen LogP) is 1.50. The molecule has 0 aromatic heterocycles. The van der Waals surface area contributed by atoms with Crippen molar-refractivity contribution >= 4 is 11.6 Å². The quantitative estimate of drug-likeness (QED) is 0.835. The lowest BCUT2D eigenvalue weighted by Crippen LogP contribution is -2.27. The topological polar surface area (TPSA) is 32.3 Å². The SMILES string of the molecule is CN1CCc2cc(CC3CCC(=O)N3)ccc21. The zero-order chi connectivity index (χ0) is 11.8. The normalized spacial score (nSPS) is 22.8. The summed E-state index contributed by atoms with van der Waals surface area (Å²) in [5.41, 5.74) is 4.17. The third-order valence-corrected chi connectivity index (χ3v) is 3.84. The van der Waals surface area contributed by atoms with Crippen molar-refractivity contribution in [3.05, 3.63) is 29.3 Å². The highest BCUT2D eigenvalue weighted by molar-refractivity contribution is 5.78. The van der Waals surface area contributed by atoms with E-state index >= 15 is 0 Å². The van der Waals surface area contributed by atoms with Gasteiger partial charge < -0.3 is 10.2 Å². The second-order valence-electron chi connectivity index (χ2n) is 5.14. The van der Waals surface area contributed by atoms with Crippen molar-refractivity contribution in [1.29, 1.82) is 0 Å². The highest BCUT2D eigenvalue weighted by Gasteiger charge is 2.22. The lowest BCUT2D eigenvalue weighted by Gasteiger charge is -2.14. The molecule has 1 unspecified atom stereocenters. The van der Waals surface area contributed by atoms with E-state index in [1.807, 2.05) is 0 Å². The van der Waals surface area contributed by atoms with E-state index in [1.54, 1.807) is 0 Å². The zero-order valence-electron chi connectivity index (χ0n) is 10.2. The Labute approximate surface area is 102 Å². The van der Waals surface area contributed by atoms with Crippen LogP contribution in [0.5, 0.6) is 0 Å². The Kier molecular flexibility index (Phi) is 2.54. The number of hydrogen-bond donors (Lipinski definition) is 1. The van der Waals surface area contributed by atoms with Gasteiger partial charge in [-0.3, -0.25) is 4.79 Å². The molecule has 1 atom stereocenters. The van der Waals surface area contributed by atoms with E-state index < -0.39 is 0 Å². The molecule has 3 heteroatoms. The number of nitrogens with one attached hydrogen (secondary N) is 1. The summed E-state index contributed by atoms with van der Waals surface area (Å²) in [7, 11) is 2.14. The van der Waals surface area contributed by atoms with Gasteiger partial charge in [0.15, 0.2) is 0 Å². The molecule has 0 spiro atoms. The van der Waals surface area contributed by atoms with Crippen molar-refractivity contribution in [2.24, 2.45) is 0 Å². The monoisotopic (exact) mass is 230 g/mol. The Balaban J connectivity index is 1.74. The molecule has 1 fully saturated rings. The van der Waals surface area contributed by atoms with Crippen LogP contribution < -0.4 is 10.2 Å². The standard InChI is InChI=1S/C14H18N2O/c1-16-7-6-11-8-10(2-4-13(11)16)9-12-3-5-14(17)15-12/h2,4,8,12H,3,5-7,9H2,1H3,(H,15,17).